The van der Waals surface area contributed by atoms with E-state index in [9.17, 15) is 22.9 Å². The summed E-state index contributed by atoms with van der Waals surface area (Å²) in [7, 11) is -4.37. The molecule has 3 N–H and O–H groups in total. The smallest absolute Gasteiger partial charge is 0.267 e. The molecule has 2 unspecified atom stereocenters. The first-order valence-corrected chi connectivity index (χ1v) is 22.0. The van der Waals surface area contributed by atoms with Crippen LogP contribution in [0.25, 0.3) is 0 Å². The maximum Gasteiger partial charge on any atom is 0.267 e. The number of amides is 1. The first-order valence-electron chi connectivity index (χ1n) is 20.4. The summed E-state index contributed by atoms with van der Waals surface area (Å²) < 4.78 is 32.4. The largest absolute Gasteiger partial charge is 0.387 e. The Bertz CT molecular complexity index is 1180. The van der Waals surface area contributed by atoms with Gasteiger partial charge in [-0.3, -0.25) is 9.35 Å². The average Bonchev–Trinajstić information content (AvgIpc) is 3.11. The molecule has 0 saturated carbocycles. The zero-order valence-corrected chi connectivity index (χ0v) is 33.7. The zero-order chi connectivity index (χ0) is 38.2. The van der Waals surface area contributed by atoms with E-state index in [1.54, 1.807) is 6.08 Å². The van der Waals surface area contributed by atoms with E-state index in [0.717, 1.165) is 77.0 Å². The third kappa shape index (κ3) is 38.5. The van der Waals surface area contributed by atoms with Gasteiger partial charge in [-0.05, 0) is 83.5 Å². The summed E-state index contributed by atoms with van der Waals surface area (Å²) in [5.74, 6) is -1.05. The number of rotatable bonds is 35. The molecular formula is C45H75NO5S. The van der Waals surface area contributed by atoms with Gasteiger partial charge < -0.3 is 10.4 Å². The second-order valence-corrected chi connectivity index (χ2v) is 15.0. The molecule has 0 aliphatic rings. The molecule has 0 radical (unpaired) electrons. The van der Waals surface area contributed by atoms with Gasteiger partial charge in [-0.2, -0.15) is 8.42 Å². The summed E-state index contributed by atoms with van der Waals surface area (Å²) in [6.07, 6.45) is 56.7. The summed E-state index contributed by atoms with van der Waals surface area (Å²) in [5.41, 5.74) is 0. The number of allylic oxidation sites excluding steroid dienone is 15. The Kier molecular flexibility index (Phi) is 36.0. The number of unbranched alkanes of at least 4 members (excludes halogenated alkanes) is 13. The predicted octanol–water partition coefficient (Wildman–Crippen LogP) is 12.2. The summed E-state index contributed by atoms with van der Waals surface area (Å²) in [6.45, 7) is 4.39. The molecule has 1 amide bonds. The monoisotopic (exact) mass is 742 g/mol. The van der Waals surface area contributed by atoms with Crippen LogP contribution >= 0.6 is 0 Å². The molecule has 296 valence electrons. The number of hydrogen-bond donors (Lipinski definition) is 3. The molecule has 0 aromatic heterocycles. The molecule has 0 spiro atoms. The minimum absolute atomic E-state index is 0.252. The fourth-order valence-electron chi connectivity index (χ4n) is 5.47. The van der Waals surface area contributed by atoms with E-state index < -0.39 is 28.0 Å². The van der Waals surface area contributed by atoms with E-state index in [1.807, 2.05) is 0 Å². The third-order valence-corrected chi connectivity index (χ3v) is 9.27. The Morgan fingerprint density at radius 1 is 0.538 bits per heavy atom. The molecule has 0 aliphatic heterocycles. The number of carbonyl (C=O) groups is 1. The van der Waals surface area contributed by atoms with Crippen LogP contribution in [0.4, 0.5) is 0 Å². The number of aliphatic hydroxyl groups is 1. The Morgan fingerprint density at radius 2 is 0.942 bits per heavy atom. The van der Waals surface area contributed by atoms with Crippen LogP contribution in [0.2, 0.25) is 0 Å². The Labute approximate surface area is 319 Å². The zero-order valence-electron chi connectivity index (χ0n) is 32.9. The minimum atomic E-state index is -4.37. The predicted molar refractivity (Wildman–Crippen MR) is 225 cm³/mol. The molecule has 0 saturated heterocycles. The highest BCUT2D eigenvalue weighted by atomic mass is 32.2. The number of aliphatic hydroxyl groups excluding tert-OH is 1. The molecule has 0 bridgehead atoms. The highest BCUT2D eigenvalue weighted by molar-refractivity contribution is 7.85. The van der Waals surface area contributed by atoms with Crippen LogP contribution in [-0.2, 0) is 14.9 Å². The maximum atomic E-state index is 12.5. The lowest BCUT2D eigenvalue weighted by Crippen LogP contribution is -2.46. The number of nitrogens with one attached hydrogen (secondary N) is 1. The molecule has 0 rings (SSSR count). The Morgan fingerprint density at radius 3 is 1.44 bits per heavy atom. The van der Waals surface area contributed by atoms with E-state index in [-0.39, 0.29) is 12.3 Å². The third-order valence-electron chi connectivity index (χ3n) is 8.49. The molecule has 0 aliphatic carbocycles. The van der Waals surface area contributed by atoms with Crippen molar-refractivity contribution in [1.29, 1.82) is 0 Å². The van der Waals surface area contributed by atoms with Crippen molar-refractivity contribution in [2.75, 3.05) is 5.75 Å². The van der Waals surface area contributed by atoms with Gasteiger partial charge in [-0.25, -0.2) is 0 Å². The first kappa shape index (κ1) is 49.3. The lowest BCUT2D eigenvalue weighted by molar-refractivity contribution is -0.122. The maximum absolute atomic E-state index is 12.5. The van der Waals surface area contributed by atoms with Gasteiger partial charge in [0.25, 0.3) is 10.1 Å². The van der Waals surface area contributed by atoms with Crippen molar-refractivity contribution in [2.24, 2.45) is 0 Å². The van der Waals surface area contributed by atoms with Crippen LogP contribution in [0.15, 0.2) is 97.2 Å². The summed E-state index contributed by atoms with van der Waals surface area (Å²) in [4.78, 5) is 12.5. The van der Waals surface area contributed by atoms with Crippen LogP contribution in [0.3, 0.4) is 0 Å². The SMILES string of the molecule is CC/C=C\C/C=C\C/C=C\C/C=C\C/C=C\C/C=C\CCCCCCC(=O)NC(CS(=O)(=O)O)C(O)/C=C/CC/C=C/CCCCCCCCCC. The molecule has 0 heterocycles. The van der Waals surface area contributed by atoms with Gasteiger partial charge in [-0.1, -0.05) is 169 Å². The second-order valence-electron chi connectivity index (χ2n) is 13.5. The normalized spacial score (nSPS) is 14.3. The van der Waals surface area contributed by atoms with Crippen LogP contribution in [0.5, 0.6) is 0 Å². The summed E-state index contributed by atoms with van der Waals surface area (Å²) in [5, 5.41) is 13.2. The first-order chi connectivity index (χ1) is 25.3. The highest BCUT2D eigenvalue weighted by Gasteiger charge is 2.24. The van der Waals surface area contributed by atoms with Gasteiger partial charge in [-0.15, -0.1) is 0 Å². The quantitative estimate of drug-likeness (QED) is 0.0341. The van der Waals surface area contributed by atoms with Crippen molar-refractivity contribution in [3.05, 3.63) is 97.2 Å². The topological polar surface area (TPSA) is 104 Å². The molecule has 52 heavy (non-hydrogen) atoms. The van der Waals surface area contributed by atoms with E-state index in [0.29, 0.717) is 12.8 Å². The van der Waals surface area contributed by atoms with Crippen molar-refractivity contribution >= 4 is 16.0 Å². The molecule has 0 aromatic carbocycles. The fraction of sp³-hybridized carbons (Fsp3) is 0.622. The fourth-order valence-corrected chi connectivity index (χ4v) is 6.20. The van der Waals surface area contributed by atoms with Gasteiger partial charge >= 0.3 is 0 Å². The van der Waals surface area contributed by atoms with Gasteiger partial charge in [0.2, 0.25) is 5.91 Å². The van der Waals surface area contributed by atoms with Crippen molar-refractivity contribution in [3.8, 4) is 0 Å². The van der Waals surface area contributed by atoms with Gasteiger partial charge in [0.15, 0.2) is 0 Å². The molecule has 0 aromatic rings. The van der Waals surface area contributed by atoms with Crippen LogP contribution < -0.4 is 5.32 Å². The summed E-state index contributed by atoms with van der Waals surface area (Å²) in [6, 6.07) is -1.09. The van der Waals surface area contributed by atoms with Gasteiger partial charge in [0.1, 0.15) is 0 Å². The van der Waals surface area contributed by atoms with E-state index >= 15 is 0 Å². The molecule has 6 nitrogen and oxygen atoms in total. The Balaban J connectivity index is 4.06. The highest BCUT2D eigenvalue weighted by Crippen LogP contribution is 2.11. The molecule has 0 fully saturated rings. The lowest BCUT2D eigenvalue weighted by Gasteiger charge is -2.21. The van der Waals surface area contributed by atoms with Crippen molar-refractivity contribution < 1.29 is 22.9 Å². The van der Waals surface area contributed by atoms with Crippen molar-refractivity contribution in [2.45, 2.75) is 174 Å². The van der Waals surface area contributed by atoms with E-state index in [4.69, 9.17) is 0 Å². The number of carbonyl (C=O) groups excluding carboxylic acids is 1. The van der Waals surface area contributed by atoms with E-state index in [1.165, 1.54) is 57.4 Å². The van der Waals surface area contributed by atoms with Crippen LogP contribution in [0.1, 0.15) is 162 Å². The van der Waals surface area contributed by atoms with E-state index in [2.05, 4.69) is 104 Å². The molecule has 7 heteroatoms. The summed E-state index contributed by atoms with van der Waals surface area (Å²) >= 11 is 0. The van der Waals surface area contributed by atoms with Crippen molar-refractivity contribution in [3.63, 3.8) is 0 Å². The van der Waals surface area contributed by atoms with Crippen LogP contribution in [0, 0.1) is 0 Å². The minimum Gasteiger partial charge on any atom is -0.387 e. The Hall–Kier alpha value is -2.74. The lowest BCUT2D eigenvalue weighted by atomic mass is 10.1. The standard InChI is InChI=1S/C45H75NO5S/c1-3-5-7-9-11-13-15-17-19-20-21-22-23-24-25-26-27-29-31-33-35-37-39-41-45(48)46-43(42-52(49,50)51)44(47)40-38-36-34-32-30-28-18-16-14-12-10-8-6-4-2/h5,7,11,13,17,19,21-22,24-25,27,29-30,32,38,40,43-44,47H,3-4,6,8-10,12,14-16,18,20,23,26,28,31,33-37,39,41-42H2,1-2H3,(H,46,48)(H,49,50,51)/b7-5-,13-11-,19-17-,22-21-,25-24-,29-27-,32-30+,40-38+. The molecule has 2 atom stereocenters. The second kappa shape index (κ2) is 38.0. The van der Waals surface area contributed by atoms with Gasteiger partial charge in [0.05, 0.1) is 17.9 Å². The molecular weight excluding hydrogens is 667 g/mol. The van der Waals surface area contributed by atoms with Gasteiger partial charge in [0, 0.05) is 6.42 Å². The van der Waals surface area contributed by atoms with Crippen molar-refractivity contribution in [1.82, 2.24) is 5.32 Å². The average molecular weight is 742 g/mol. The van der Waals surface area contributed by atoms with Crippen LogP contribution in [-0.4, -0.2) is 41.9 Å². The number of hydrogen-bond acceptors (Lipinski definition) is 4.